The van der Waals surface area contributed by atoms with Crippen LogP contribution < -0.4 is 4.90 Å². The maximum atomic E-state index is 5.88. The van der Waals surface area contributed by atoms with Gasteiger partial charge in [0.2, 0.25) is 0 Å². The molecule has 0 radical (unpaired) electrons. The van der Waals surface area contributed by atoms with E-state index < -0.39 is 0 Å². The molecular weight excluding hydrogens is 264 g/mol. The lowest BCUT2D eigenvalue weighted by atomic mass is 10.1. The molecule has 18 heavy (non-hydrogen) atoms. The van der Waals surface area contributed by atoms with Gasteiger partial charge in [0.05, 0.1) is 0 Å². The first-order valence-corrected chi connectivity index (χ1v) is 7.95. The van der Waals surface area contributed by atoms with Crippen molar-refractivity contribution < 1.29 is 0 Å². The molecule has 1 fully saturated rings. The van der Waals surface area contributed by atoms with Gasteiger partial charge in [0.1, 0.15) is 5.82 Å². The van der Waals surface area contributed by atoms with Gasteiger partial charge in [-0.1, -0.05) is 19.9 Å². The highest BCUT2D eigenvalue weighted by atomic mass is 35.5. The summed E-state index contributed by atoms with van der Waals surface area (Å²) in [4.78, 5) is 7.08. The number of aromatic nitrogens is 1. The zero-order valence-electron chi connectivity index (χ0n) is 11.4. The normalized spacial score (nSPS) is 19.7. The van der Waals surface area contributed by atoms with E-state index in [9.17, 15) is 0 Å². The number of alkyl halides is 1. The molecule has 1 aliphatic heterocycles. The van der Waals surface area contributed by atoms with E-state index >= 15 is 0 Å². The number of nitrogens with zero attached hydrogens (tertiary/aromatic N) is 2. The Kier molecular flexibility index (Phi) is 4.44. The van der Waals surface area contributed by atoms with Crippen LogP contribution in [0.2, 0.25) is 0 Å². The number of rotatable bonds is 2. The number of halogens is 1. The molecule has 2 nitrogen and oxygen atoms in total. The van der Waals surface area contributed by atoms with Crippen LogP contribution in [0.25, 0.3) is 0 Å². The third-order valence-corrected chi connectivity index (χ3v) is 5.15. The molecule has 2 heterocycles. The zero-order chi connectivity index (χ0) is 13.2. The lowest BCUT2D eigenvalue weighted by molar-refractivity contribution is 0.635. The Labute approximate surface area is 119 Å². The van der Waals surface area contributed by atoms with Gasteiger partial charge in [0, 0.05) is 35.2 Å². The molecule has 1 saturated heterocycles. The van der Waals surface area contributed by atoms with Gasteiger partial charge in [-0.3, -0.25) is 0 Å². The van der Waals surface area contributed by atoms with Crippen molar-refractivity contribution in [2.45, 2.75) is 37.8 Å². The first-order valence-electron chi connectivity index (χ1n) is 6.43. The van der Waals surface area contributed by atoms with Crippen LogP contribution in [-0.2, 0) is 5.88 Å². The summed E-state index contributed by atoms with van der Waals surface area (Å²) in [7, 11) is 0. The van der Waals surface area contributed by atoms with Crippen molar-refractivity contribution in [3.8, 4) is 0 Å². The molecule has 100 valence electrons. The number of anilines is 1. The van der Waals surface area contributed by atoms with E-state index in [0.717, 1.165) is 30.2 Å². The number of hydrogen-bond acceptors (Lipinski definition) is 3. The van der Waals surface area contributed by atoms with Crippen molar-refractivity contribution in [2.24, 2.45) is 0 Å². The lowest BCUT2D eigenvalue weighted by Crippen LogP contribution is -2.27. The van der Waals surface area contributed by atoms with Crippen LogP contribution >= 0.6 is 23.4 Å². The third-order valence-electron chi connectivity index (χ3n) is 3.49. The van der Waals surface area contributed by atoms with E-state index in [1.165, 1.54) is 12.2 Å². The third kappa shape index (κ3) is 3.33. The summed E-state index contributed by atoms with van der Waals surface area (Å²) in [5.41, 5.74) is 2.18. The molecule has 1 aromatic rings. The van der Waals surface area contributed by atoms with Crippen molar-refractivity contribution >= 4 is 29.2 Å². The zero-order valence-corrected chi connectivity index (χ0v) is 12.9. The van der Waals surface area contributed by atoms with E-state index in [0.29, 0.717) is 10.6 Å². The smallest absolute Gasteiger partial charge is 0.128 e. The topological polar surface area (TPSA) is 16.1 Å². The van der Waals surface area contributed by atoms with Crippen molar-refractivity contribution in [1.29, 1.82) is 0 Å². The molecule has 2 rings (SSSR count). The van der Waals surface area contributed by atoms with Crippen LogP contribution in [-0.4, -0.2) is 28.6 Å². The monoisotopic (exact) mass is 284 g/mol. The Hall–Kier alpha value is -0.410. The number of pyridine rings is 1. The molecule has 1 aliphatic rings. The Morgan fingerprint density at radius 3 is 2.83 bits per heavy atom. The second-order valence-corrected chi connectivity index (χ2v) is 7.46. The minimum absolute atomic E-state index is 0.389. The second-order valence-electron chi connectivity index (χ2n) is 5.39. The first kappa shape index (κ1) is 14.0. The van der Waals surface area contributed by atoms with Gasteiger partial charge in [0.15, 0.2) is 0 Å². The molecule has 0 atom stereocenters. The Bertz CT molecular complexity index is 420. The van der Waals surface area contributed by atoms with Crippen LogP contribution in [0.15, 0.2) is 12.1 Å². The summed E-state index contributed by atoms with van der Waals surface area (Å²) in [5.74, 6) is 2.81. The largest absolute Gasteiger partial charge is 0.356 e. The summed E-state index contributed by atoms with van der Waals surface area (Å²) in [6.45, 7) is 8.87. The molecule has 0 amide bonds. The number of aryl methyl sites for hydroxylation is 1. The SMILES string of the molecule is Cc1nc(N2CCSC(C)(C)CC2)ccc1CCl. The summed E-state index contributed by atoms with van der Waals surface area (Å²) >= 11 is 7.94. The molecule has 1 aromatic heterocycles. The molecular formula is C14H21ClN2S. The summed E-state index contributed by atoms with van der Waals surface area (Å²) in [6, 6.07) is 4.21. The maximum Gasteiger partial charge on any atom is 0.128 e. The van der Waals surface area contributed by atoms with Crippen molar-refractivity contribution in [3.63, 3.8) is 0 Å². The summed E-state index contributed by atoms with van der Waals surface area (Å²) in [5, 5.41) is 0. The lowest BCUT2D eigenvalue weighted by Gasteiger charge is -2.24. The van der Waals surface area contributed by atoms with E-state index in [-0.39, 0.29) is 0 Å². The fraction of sp³-hybridized carbons (Fsp3) is 0.643. The van der Waals surface area contributed by atoms with Crippen molar-refractivity contribution in [2.75, 3.05) is 23.7 Å². The predicted molar refractivity (Wildman–Crippen MR) is 81.9 cm³/mol. The molecule has 4 heteroatoms. The molecule has 0 N–H and O–H groups in total. The van der Waals surface area contributed by atoms with Crippen LogP contribution in [0.5, 0.6) is 0 Å². The molecule has 0 spiro atoms. The van der Waals surface area contributed by atoms with Crippen LogP contribution in [0.1, 0.15) is 31.5 Å². The minimum Gasteiger partial charge on any atom is -0.356 e. The van der Waals surface area contributed by atoms with E-state index in [4.69, 9.17) is 11.6 Å². The minimum atomic E-state index is 0.389. The number of hydrogen-bond donors (Lipinski definition) is 0. The highest BCUT2D eigenvalue weighted by Crippen LogP contribution is 2.32. The molecule has 0 aromatic carbocycles. The van der Waals surface area contributed by atoms with E-state index in [1.54, 1.807) is 0 Å². The van der Waals surface area contributed by atoms with Crippen LogP contribution in [0.4, 0.5) is 5.82 Å². The Morgan fingerprint density at radius 1 is 1.39 bits per heavy atom. The number of thioether (sulfide) groups is 1. The Balaban J connectivity index is 2.14. The van der Waals surface area contributed by atoms with Crippen LogP contribution in [0, 0.1) is 6.92 Å². The second kappa shape index (κ2) is 5.70. The highest BCUT2D eigenvalue weighted by Gasteiger charge is 2.24. The highest BCUT2D eigenvalue weighted by molar-refractivity contribution is 8.00. The van der Waals surface area contributed by atoms with Gasteiger partial charge in [0.25, 0.3) is 0 Å². The maximum absolute atomic E-state index is 5.88. The summed E-state index contributed by atoms with van der Waals surface area (Å²) in [6.07, 6.45) is 1.20. The van der Waals surface area contributed by atoms with Gasteiger partial charge in [-0.2, -0.15) is 11.8 Å². The van der Waals surface area contributed by atoms with Gasteiger partial charge in [-0.15, -0.1) is 11.6 Å². The van der Waals surface area contributed by atoms with Gasteiger partial charge in [-0.05, 0) is 25.0 Å². The van der Waals surface area contributed by atoms with Gasteiger partial charge in [-0.25, -0.2) is 4.98 Å². The molecule has 0 unspecified atom stereocenters. The van der Waals surface area contributed by atoms with E-state index in [1.807, 2.05) is 6.92 Å². The molecule has 0 aliphatic carbocycles. The first-order chi connectivity index (χ1) is 8.52. The van der Waals surface area contributed by atoms with E-state index in [2.05, 4.69) is 47.6 Å². The quantitative estimate of drug-likeness (QED) is 0.768. The average molecular weight is 285 g/mol. The molecule has 0 saturated carbocycles. The predicted octanol–water partition coefficient (Wildman–Crippen LogP) is 3.85. The van der Waals surface area contributed by atoms with Crippen LogP contribution in [0.3, 0.4) is 0 Å². The standard InChI is InChI=1S/C14H21ClN2S/c1-11-12(10-15)4-5-13(16-11)17-7-6-14(2,3)18-9-8-17/h4-5H,6-10H2,1-3H3. The summed E-state index contributed by atoms with van der Waals surface area (Å²) < 4.78 is 0.389. The molecule has 0 bridgehead atoms. The Morgan fingerprint density at radius 2 is 2.17 bits per heavy atom. The fourth-order valence-electron chi connectivity index (χ4n) is 2.14. The van der Waals surface area contributed by atoms with Gasteiger partial charge < -0.3 is 4.90 Å². The van der Waals surface area contributed by atoms with Crippen molar-refractivity contribution in [1.82, 2.24) is 4.98 Å². The van der Waals surface area contributed by atoms with Crippen molar-refractivity contribution in [3.05, 3.63) is 23.4 Å². The van der Waals surface area contributed by atoms with Gasteiger partial charge >= 0.3 is 0 Å². The fourth-order valence-corrected chi connectivity index (χ4v) is 3.53. The average Bonchev–Trinajstić information content (AvgIpc) is 2.50.